The van der Waals surface area contributed by atoms with Crippen molar-refractivity contribution >= 4 is 38.4 Å². The highest BCUT2D eigenvalue weighted by Crippen LogP contribution is 2.47. The van der Waals surface area contributed by atoms with Crippen molar-refractivity contribution in [2.45, 2.75) is 65.2 Å². The highest BCUT2D eigenvalue weighted by Gasteiger charge is 2.44. The van der Waals surface area contributed by atoms with Crippen LogP contribution in [0.15, 0.2) is 6.07 Å². The molecule has 1 aliphatic carbocycles. The van der Waals surface area contributed by atoms with E-state index in [1.807, 2.05) is 0 Å². The van der Waals surface area contributed by atoms with E-state index in [4.69, 9.17) is 4.74 Å². The lowest BCUT2D eigenvalue weighted by molar-refractivity contribution is -0.130. The first-order valence-electron chi connectivity index (χ1n) is 11.6. The number of nitrogens with zero attached hydrogens (tertiary/aromatic N) is 1. The van der Waals surface area contributed by atoms with E-state index in [1.54, 1.807) is 6.07 Å². The Kier molecular flexibility index (Phi) is 8.11. The zero-order valence-electron chi connectivity index (χ0n) is 20.2. The Labute approximate surface area is 201 Å². The third kappa shape index (κ3) is 5.89. The standard InChI is InChI=1S/C23H36N2O6S2/c1-15(2)23(10-6-16(3)7-11-23)21(26)24-20-18(31-22(27)30-4)14-19(32-20)17-8-12-25(13-9-17)33(5,28)29/h14-17H,6-13H2,1-5H3,(H,24,26). The average molecular weight is 501 g/mol. The van der Waals surface area contributed by atoms with Crippen LogP contribution in [0.3, 0.4) is 0 Å². The lowest BCUT2D eigenvalue weighted by Gasteiger charge is -2.41. The molecule has 0 spiro atoms. The number of sulfonamides is 1. The number of amides is 1. The number of hydrogen-bond acceptors (Lipinski definition) is 7. The van der Waals surface area contributed by atoms with E-state index in [-0.39, 0.29) is 23.5 Å². The number of thiophene rings is 1. The molecule has 2 aliphatic rings. The molecule has 0 aromatic carbocycles. The fourth-order valence-corrected chi connectivity index (χ4v) is 6.95. The second kappa shape index (κ2) is 10.3. The van der Waals surface area contributed by atoms with Crippen LogP contribution in [0, 0.1) is 17.3 Å². The maximum absolute atomic E-state index is 13.5. The number of rotatable bonds is 6. The van der Waals surface area contributed by atoms with Gasteiger partial charge in [-0.15, -0.1) is 11.3 Å². The van der Waals surface area contributed by atoms with Crippen LogP contribution in [-0.4, -0.2) is 51.2 Å². The Balaban J connectivity index is 1.82. The lowest BCUT2D eigenvalue weighted by atomic mass is 9.64. The van der Waals surface area contributed by atoms with Gasteiger partial charge in [0.05, 0.1) is 18.8 Å². The number of nitrogens with one attached hydrogen (secondary N) is 1. The van der Waals surface area contributed by atoms with Crippen molar-refractivity contribution in [2.75, 3.05) is 31.8 Å². The molecule has 1 saturated heterocycles. The summed E-state index contributed by atoms with van der Waals surface area (Å²) in [7, 11) is -1.97. The molecule has 1 aromatic rings. The minimum absolute atomic E-state index is 0.0283. The van der Waals surface area contributed by atoms with Crippen LogP contribution in [0.25, 0.3) is 0 Å². The maximum Gasteiger partial charge on any atom is 0.513 e. The number of ether oxygens (including phenoxy) is 2. The molecule has 1 saturated carbocycles. The molecule has 1 N–H and O–H groups in total. The number of piperidine rings is 1. The molecule has 1 aromatic heterocycles. The number of hydrogen-bond donors (Lipinski definition) is 1. The van der Waals surface area contributed by atoms with Gasteiger partial charge < -0.3 is 14.8 Å². The summed E-state index contributed by atoms with van der Waals surface area (Å²) in [5.41, 5.74) is -0.444. The first-order chi connectivity index (χ1) is 15.5. The van der Waals surface area contributed by atoms with Gasteiger partial charge in [-0.1, -0.05) is 20.8 Å². The smallest absolute Gasteiger partial charge is 0.437 e. The Morgan fingerprint density at radius 3 is 2.30 bits per heavy atom. The molecule has 3 rings (SSSR count). The van der Waals surface area contributed by atoms with Crippen LogP contribution in [0.1, 0.15) is 70.1 Å². The Bertz CT molecular complexity index is 956. The van der Waals surface area contributed by atoms with Crippen LogP contribution in [0.4, 0.5) is 9.80 Å². The van der Waals surface area contributed by atoms with Crippen LogP contribution in [0.2, 0.25) is 0 Å². The van der Waals surface area contributed by atoms with Gasteiger partial charge in [-0.3, -0.25) is 4.79 Å². The molecule has 0 radical (unpaired) electrons. The topological polar surface area (TPSA) is 102 Å². The highest BCUT2D eigenvalue weighted by molar-refractivity contribution is 7.88. The third-order valence-corrected chi connectivity index (χ3v) is 9.85. The molecule has 33 heavy (non-hydrogen) atoms. The van der Waals surface area contributed by atoms with Gasteiger partial charge in [0, 0.05) is 18.0 Å². The predicted octanol–water partition coefficient (Wildman–Crippen LogP) is 4.82. The summed E-state index contributed by atoms with van der Waals surface area (Å²) in [6, 6.07) is 1.78. The van der Waals surface area contributed by atoms with Gasteiger partial charge in [-0.2, -0.15) is 0 Å². The van der Waals surface area contributed by atoms with Crippen LogP contribution < -0.4 is 10.1 Å². The van der Waals surface area contributed by atoms with Crippen molar-refractivity contribution in [3.8, 4) is 5.75 Å². The van der Waals surface area contributed by atoms with Gasteiger partial charge in [0.2, 0.25) is 15.9 Å². The number of carbonyl (C=O) groups is 2. The summed E-state index contributed by atoms with van der Waals surface area (Å²) in [5, 5.41) is 3.58. The summed E-state index contributed by atoms with van der Waals surface area (Å²) < 4.78 is 35.2. The molecule has 1 aliphatic heterocycles. The maximum atomic E-state index is 13.5. The molecule has 1 amide bonds. The average Bonchev–Trinajstić information content (AvgIpc) is 3.15. The number of carbonyl (C=O) groups excluding carboxylic acids is 2. The van der Waals surface area contributed by atoms with Gasteiger partial charge in [-0.25, -0.2) is 17.5 Å². The van der Waals surface area contributed by atoms with Gasteiger partial charge in [0.15, 0.2) is 5.75 Å². The first kappa shape index (κ1) is 26.0. The SMILES string of the molecule is COC(=O)Oc1cc(C2CCN(S(C)(=O)=O)CC2)sc1NC(=O)C1(C(C)C)CCC(C)CC1. The Hall–Kier alpha value is -1.65. The molecule has 10 heteroatoms. The van der Waals surface area contributed by atoms with Crippen molar-refractivity contribution in [1.82, 2.24) is 4.31 Å². The quantitative estimate of drug-likeness (QED) is 0.562. The predicted molar refractivity (Wildman–Crippen MR) is 129 cm³/mol. The Morgan fingerprint density at radius 1 is 1.18 bits per heavy atom. The van der Waals surface area contributed by atoms with Gasteiger partial charge in [0.25, 0.3) is 0 Å². The van der Waals surface area contributed by atoms with E-state index in [1.165, 1.54) is 29.0 Å². The largest absolute Gasteiger partial charge is 0.513 e. The summed E-state index contributed by atoms with van der Waals surface area (Å²) >= 11 is 1.40. The zero-order valence-corrected chi connectivity index (χ0v) is 21.8. The Morgan fingerprint density at radius 2 is 1.79 bits per heavy atom. The van der Waals surface area contributed by atoms with Gasteiger partial charge in [0.1, 0.15) is 5.00 Å². The molecule has 0 bridgehead atoms. The highest BCUT2D eigenvalue weighted by atomic mass is 32.2. The van der Waals surface area contributed by atoms with Crippen molar-refractivity contribution in [3.05, 3.63) is 10.9 Å². The van der Waals surface area contributed by atoms with Crippen LogP contribution >= 0.6 is 11.3 Å². The molecule has 0 atom stereocenters. The van der Waals surface area contributed by atoms with Crippen molar-refractivity contribution < 1.29 is 27.5 Å². The van der Waals surface area contributed by atoms with Crippen molar-refractivity contribution in [1.29, 1.82) is 0 Å². The van der Waals surface area contributed by atoms with E-state index in [2.05, 4.69) is 30.8 Å². The molecule has 8 nitrogen and oxygen atoms in total. The van der Waals surface area contributed by atoms with Crippen LogP contribution in [-0.2, 0) is 19.6 Å². The molecular weight excluding hydrogens is 464 g/mol. The van der Waals surface area contributed by atoms with Crippen molar-refractivity contribution in [3.63, 3.8) is 0 Å². The molecule has 2 heterocycles. The van der Waals surface area contributed by atoms with Crippen LogP contribution in [0.5, 0.6) is 5.75 Å². The fourth-order valence-electron chi connectivity index (χ4n) is 4.93. The summed E-state index contributed by atoms with van der Waals surface area (Å²) in [6.07, 6.45) is 5.45. The molecular formula is C23H36N2O6S2. The van der Waals surface area contributed by atoms with Gasteiger partial charge >= 0.3 is 6.16 Å². The van der Waals surface area contributed by atoms with E-state index in [0.29, 0.717) is 36.9 Å². The monoisotopic (exact) mass is 500 g/mol. The lowest BCUT2D eigenvalue weighted by Crippen LogP contribution is -2.43. The second-order valence-electron chi connectivity index (χ2n) is 9.78. The molecule has 0 unspecified atom stereocenters. The first-order valence-corrected chi connectivity index (χ1v) is 14.3. The normalized spacial score (nSPS) is 25.1. The third-order valence-electron chi connectivity index (χ3n) is 7.35. The number of methoxy groups -OCH3 is 1. The minimum Gasteiger partial charge on any atom is -0.437 e. The zero-order chi connectivity index (χ0) is 24.4. The second-order valence-corrected chi connectivity index (χ2v) is 12.8. The summed E-state index contributed by atoms with van der Waals surface area (Å²) in [4.78, 5) is 26.3. The van der Waals surface area contributed by atoms with E-state index < -0.39 is 21.6 Å². The van der Waals surface area contributed by atoms with Gasteiger partial charge in [-0.05, 0) is 62.3 Å². The van der Waals surface area contributed by atoms with E-state index in [0.717, 1.165) is 30.6 Å². The molecule has 2 fully saturated rings. The summed E-state index contributed by atoms with van der Waals surface area (Å²) in [5.74, 6) is 1.19. The van der Waals surface area contributed by atoms with E-state index >= 15 is 0 Å². The summed E-state index contributed by atoms with van der Waals surface area (Å²) in [6.45, 7) is 7.31. The van der Waals surface area contributed by atoms with Crippen molar-refractivity contribution in [2.24, 2.45) is 17.3 Å². The fraction of sp³-hybridized carbons (Fsp3) is 0.739. The van der Waals surface area contributed by atoms with E-state index in [9.17, 15) is 18.0 Å². The number of anilines is 1. The molecule has 186 valence electrons. The minimum atomic E-state index is -3.21.